The van der Waals surface area contributed by atoms with Gasteiger partial charge in [0.1, 0.15) is 23.9 Å². The topological polar surface area (TPSA) is 100.0 Å². The summed E-state index contributed by atoms with van der Waals surface area (Å²) in [5.74, 6) is 0.373. The first-order valence-corrected chi connectivity index (χ1v) is 21.2. The Morgan fingerprint density at radius 2 is 1.74 bits per heavy atom. The van der Waals surface area contributed by atoms with Crippen molar-refractivity contribution in [1.29, 1.82) is 0 Å². The number of likely N-dealkylation sites (tertiary alicyclic amines) is 1. The first-order valence-electron chi connectivity index (χ1n) is 16.1. The van der Waals surface area contributed by atoms with E-state index < -0.39 is 35.4 Å². The van der Waals surface area contributed by atoms with E-state index >= 15 is 0 Å². The van der Waals surface area contributed by atoms with Crippen LogP contribution < -0.4 is 4.18 Å². The van der Waals surface area contributed by atoms with Gasteiger partial charge < -0.3 is 18.2 Å². The zero-order chi connectivity index (χ0) is 33.7. The summed E-state index contributed by atoms with van der Waals surface area (Å²) in [7, 11) is -7.22. The number of hydrogen-bond acceptors (Lipinski definition) is 7. The minimum atomic E-state index is -5.84. The number of fused-ring (bicyclic) bond motifs is 1. The summed E-state index contributed by atoms with van der Waals surface area (Å²) in [6, 6.07) is 3.57. The highest BCUT2D eigenvalue weighted by atomic mass is 32.2. The third-order valence-electron chi connectivity index (χ3n) is 9.20. The van der Waals surface area contributed by atoms with Gasteiger partial charge in [-0.2, -0.15) is 21.6 Å². The number of carbonyl (C=O) groups is 1. The maximum absolute atomic E-state index is 13.3. The molecule has 3 aliphatic rings. The molecule has 2 aromatic rings. The van der Waals surface area contributed by atoms with Gasteiger partial charge in [-0.25, -0.2) is 9.78 Å². The molecular formula is C32H46F3N3O6SSi. The highest BCUT2D eigenvalue weighted by molar-refractivity contribution is 7.88. The van der Waals surface area contributed by atoms with Gasteiger partial charge in [0, 0.05) is 32.4 Å². The fraction of sp³-hybridized carbons (Fsp3) is 0.688. The van der Waals surface area contributed by atoms with E-state index in [2.05, 4.69) is 19.6 Å². The number of rotatable bonds is 9. The highest BCUT2D eigenvalue weighted by Gasteiger charge is 2.50. The number of amides is 1. The molecule has 1 spiro atoms. The molecule has 1 saturated heterocycles. The van der Waals surface area contributed by atoms with Crippen LogP contribution in [0.25, 0.3) is 11.3 Å². The Hall–Kier alpha value is -2.58. The summed E-state index contributed by atoms with van der Waals surface area (Å²) in [6.45, 7) is 13.5. The molecule has 0 bridgehead atoms. The summed E-state index contributed by atoms with van der Waals surface area (Å²) in [5.41, 5.74) is -3.62. The molecule has 2 aliphatic carbocycles. The Morgan fingerprint density at radius 3 is 2.37 bits per heavy atom. The van der Waals surface area contributed by atoms with Gasteiger partial charge in [0.2, 0.25) is 0 Å². The molecule has 0 N–H and O–H groups in total. The van der Waals surface area contributed by atoms with Gasteiger partial charge in [0.15, 0.2) is 0 Å². The van der Waals surface area contributed by atoms with Crippen LogP contribution in [0.15, 0.2) is 18.3 Å². The van der Waals surface area contributed by atoms with Gasteiger partial charge in [-0.15, -0.1) is 0 Å². The number of carbonyl (C=O) groups excluding carboxylic acids is 1. The third kappa shape index (κ3) is 7.43. The maximum Gasteiger partial charge on any atom is 0.534 e. The van der Waals surface area contributed by atoms with E-state index in [0.29, 0.717) is 49.5 Å². The number of aromatic nitrogens is 2. The number of halogens is 3. The second kappa shape index (κ2) is 12.5. The maximum atomic E-state index is 13.3. The van der Waals surface area contributed by atoms with Crippen LogP contribution in [0, 0.1) is 5.41 Å². The second-order valence-electron chi connectivity index (χ2n) is 15.2. The van der Waals surface area contributed by atoms with Crippen molar-refractivity contribution in [3.8, 4) is 17.0 Å². The first kappa shape index (κ1) is 34.7. The molecule has 1 aliphatic heterocycles. The van der Waals surface area contributed by atoms with Gasteiger partial charge in [0.25, 0.3) is 0 Å². The lowest BCUT2D eigenvalue weighted by Crippen LogP contribution is -2.37. The van der Waals surface area contributed by atoms with E-state index in [1.165, 1.54) is 6.07 Å². The number of hydrogen-bond donors (Lipinski definition) is 0. The standard InChI is InChI=1S/C32H46F3N3O6SSi/c1-30(2,3)43-29(39)37-15-9-10-25(37)28-36-20-26(38(28)21-42-16-17-46(4,5)6)22-11-12-27(44-45(40,41)32(33,34)35)24-19-31(18-23(22)24)13-7-8-14-31/h11-12,20,25H,7-10,13-19,21H2,1-6H3/t25-/m0/s1. The minimum absolute atomic E-state index is 0.154. The largest absolute Gasteiger partial charge is 0.534 e. The Bertz CT molecular complexity index is 1560. The smallest absolute Gasteiger partial charge is 0.444 e. The summed E-state index contributed by atoms with van der Waals surface area (Å²) < 4.78 is 82.8. The van der Waals surface area contributed by atoms with Crippen molar-refractivity contribution in [2.45, 2.75) is 122 Å². The van der Waals surface area contributed by atoms with Crippen LogP contribution in [0.4, 0.5) is 18.0 Å². The van der Waals surface area contributed by atoms with Crippen LogP contribution >= 0.6 is 0 Å². The van der Waals surface area contributed by atoms with E-state index in [1.54, 1.807) is 17.2 Å². The molecule has 5 rings (SSSR count). The van der Waals surface area contributed by atoms with Gasteiger partial charge in [-0.3, -0.25) is 4.90 Å². The molecule has 1 aromatic carbocycles. The molecule has 2 heterocycles. The lowest BCUT2D eigenvalue weighted by Gasteiger charge is -2.29. The van der Waals surface area contributed by atoms with Crippen molar-refractivity contribution in [3.05, 3.63) is 35.3 Å². The van der Waals surface area contributed by atoms with Gasteiger partial charge in [-0.05, 0) is 88.5 Å². The number of ether oxygens (including phenoxy) is 2. The van der Waals surface area contributed by atoms with Gasteiger partial charge in [0.05, 0.1) is 17.9 Å². The van der Waals surface area contributed by atoms with Crippen molar-refractivity contribution in [2.75, 3.05) is 13.2 Å². The Kier molecular flexibility index (Phi) is 9.41. The zero-order valence-corrected chi connectivity index (χ0v) is 29.4. The Labute approximate surface area is 270 Å². The van der Waals surface area contributed by atoms with Crippen molar-refractivity contribution in [1.82, 2.24) is 14.5 Å². The van der Waals surface area contributed by atoms with Crippen LogP contribution in [0.3, 0.4) is 0 Å². The molecule has 1 saturated carbocycles. The summed E-state index contributed by atoms with van der Waals surface area (Å²) >= 11 is 0. The summed E-state index contributed by atoms with van der Waals surface area (Å²) in [6.07, 6.45) is 7.66. The molecule has 0 unspecified atom stereocenters. The van der Waals surface area contributed by atoms with Crippen molar-refractivity contribution in [2.24, 2.45) is 5.41 Å². The third-order valence-corrected chi connectivity index (χ3v) is 11.9. The second-order valence-corrected chi connectivity index (χ2v) is 22.4. The summed E-state index contributed by atoms with van der Waals surface area (Å²) in [5, 5.41) is 0. The van der Waals surface area contributed by atoms with Crippen LogP contribution in [0.5, 0.6) is 5.75 Å². The van der Waals surface area contributed by atoms with E-state index in [1.807, 2.05) is 25.3 Å². The van der Waals surface area contributed by atoms with Crippen molar-refractivity contribution >= 4 is 24.3 Å². The minimum Gasteiger partial charge on any atom is -0.444 e. The SMILES string of the molecule is CC(C)(C)OC(=O)N1CCC[C@H]1c1ncc(-c2ccc(OS(=O)(=O)C(F)(F)F)c3c2CC2(CCCC2)C3)n1COCC[Si](C)(C)C. The fourth-order valence-corrected chi connectivity index (χ4v) is 8.20. The Morgan fingerprint density at radius 1 is 1.07 bits per heavy atom. The Balaban J connectivity index is 1.57. The highest BCUT2D eigenvalue weighted by Crippen LogP contribution is 2.53. The molecule has 9 nitrogen and oxygen atoms in total. The number of benzene rings is 1. The zero-order valence-electron chi connectivity index (χ0n) is 27.6. The molecule has 1 atom stereocenters. The monoisotopic (exact) mass is 685 g/mol. The van der Waals surface area contributed by atoms with Crippen LogP contribution in [-0.2, 0) is 39.2 Å². The van der Waals surface area contributed by atoms with E-state index in [0.717, 1.165) is 49.3 Å². The molecule has 256 valence electrons. The molecule has 14 heteroatoms. The van der Waals surface area contributed by atoms with Gasteiger partial charge in [-0.1, -0.05) is 32.5 Å². The average molecular weight is 686 g/mol. The van der Waals surface area contributed by atoms with Crippen LogP contribution in [0.2, 0.25) is 25.7 Å². The van der Waals surface area contributed by atoms with Gasteiger partial charge >= 0.3 is 21.7 Å². The molecule has 1 amide bonds. The van der Waals surface area contributed by atoms with E-state index in [-0.39, 0.29) is 23.9 Å². The van der Waals surface area contributed by atoms with E-state index in [9.17, 15) is 26.4 Å². The van der Waals surface area contributed by atoms with Crippen molar-refractivity contribution < 1.29 is 40.0 Å². The molecule has 2 fully saturated rings. The summed E-state index contributed by atoms with van der Waals surface area (Å²) in [4.78, 5) is 19.7. The molecular weight excluding hydrogens is 640 g/mol. The molecule has 46 heavy (non-hydrogen) atoms. The number of alkyl halides is 3. The lowest BCUT2D eigenvalue weighted by molar-refractivity contribution is -0.0500. The molecule has 0 radical (unpaired) electrons. The van der Waals surface area contributed by atoms with Crippen LogP contribution in [-0.4, -0.2) is 61.3 Å². The van der Waals surface area contributed by atoms with E-state index in [4.69, 9.17) is 18.6 Å². The average Bonchev–Trinajstić information content (AvgIpc) is 3.71. The molecule has 1 aromatic heterocycles. The predicted molar refractivity (Wildman–Crippen MR) is 171 cm³/mol. The predicted octanol–water partition coefficient (Wildman–Crippen LogP) is 7.82. The fourth-order valence-electron chi connectivity index (χ4n) is 6.96. The number of nitrogens with zero attached hydrogens (tertiary/aromatic N) is 3. The normalized spacial score (nSPS) is 20.0. The quantitative estimate of drug-likeness (QED) is 0.115. The first-order chi connectivity index (χ1) is 21.3. The lowest BCUT2D eigenvalue weighted by atomic mass is 9.83. The number of imidazole rings is 1. The van der Waals surface area contributed by atoms with Crippen molar-refractivity contribution in [3.63, 3.8) is 0 Å². The van der Waals surface area contributed by atoms with Crippen LogP contribution in [0.1, 0.15) is 82.3 Å².